The number of H-pyrrole nitrogens is 1. The average molecular weight is 511 g/mol. The van der Waals surface area contributed by atoms with E-state index in [0.29, 0.717) is 32.0 Å². The number of urea groups is 1. The molecule has 1 atom stereocenters. The molecule has 4 rings (SSSR count). The summed E-state index contributed by atoms with van der Waals surface area (Å²) in [5.74, 6) is -0.0442. The summed E-state index contributed by atoms with van der Waals surface area (Å²) in [7, 11) is 0. The van der Waals surface area contributed by atoms with Crippen LogP contribution in [0.2, 0.25) is 0 Å². The fourth-order valence-corrected chi connectivity index (χ4v) is 4.73. The molecule has 1 aromatic heterocycles. The third kappa shape index (κ3) is 7.77. The number of hydrogen-bond acceptors (Lipinski definition) is 4. The number of hydrogen-bond donors (Lipinski definition) is 4. The van der Waals surface area contributed by atoms with E-state index in [1.165, 1.54) is 12.1 Å². The number of ether oxygens (including phenoxy) is 1. The van der Waals surface area contributed by atoms with Crippen LogP contribution in [0.25, 0.3) is 10.9 Å². The van der Waals surface area contributed by atoms with E-state index < -0.39 is 0 Å². The van der Waals surface area contributed by atoms with Crippen molar-refractivity contribution in [3.63, 3.8) is 0 Å². The van der Waals surface area contributed by atoms with Crippen LogP contribution in [0.1, 0.15) is 30.4 Å². The number of rotatable bonds is 11. The molecule has 0 bridgehead atoms. The third-order valence-corrected chi connectivity index (χ3v) is 6.88. The lowest BCUT2D eigenvalue weighted by molar-refractivity contribution is -0.126. The normalized spacial score (nSPS) is 15.0. The van der Waals surface area contributed by atoms with Crippen molar-refractivity contribution in [2.75, 3.05) is 32.8 Å². The Hall–Kier alpha value is -3.43. The van der Waals surface area contributed by atoms with E-state index in [9.17, 15) is 19.1 Å². The van der Waals surface area contributed by atoms with Crippen LogP contribution in [0.5, 0.6) is 0 Å². The Balaban J connectivity index is 1.11. The number of para-hydroxylation sites is 1. The molecule has 4 N–H and O–H groups in total. The van der Waals surface area contributed by atoms with Gasteiger partial charge < -0.3 is 30.4 Å². The summed E-state index contributed by atoms with van der Waals surface area (Å²) >= 11 is 0. The molecule has 3 aromatic rings. The van der Waals surface area contributed by atoms with Crippen LogP contribution in [0.3, 0.4) is 0 Å². The number of nitrogens with zero attached hydrogens (tertiary/aromatic N) is 1. The monoisotopic (exact) mass is 510 g/mol. The van der Waals surface area contributed by atoms with Crippen LogP contribution >= 0.6 is 0 Å². The Morgan fingerprint density at radius 2 is 1.89 bits per heavy atom. The molecule has 9 heteroatoms. The number of aliphatic hydroxyl groups is 1. The van der Waals surface area contributed by atoms with E-state index in [1.54, 1.807) is 17.0 Å². The number of carbonyl (C=O) groups is 2. The highest BCUT2D eigenvalue weighted by molar-refractivity contribution is 5.83. The minimum atomic E-state index is -0.357. The summed E-state index contributed by atoms with van der Waals surface area (Å²) in [6.07, 6.45) is 5.07. The zero-order valence-corrected chi connectivity index (χ0v) is 20.9. The maximum atomic E-state index is 12.9. The van der Waals surface area contributed by atoms with Crippen LogP contribution in [0, 0.1) is 11.7 Å². The first-order chi connectivity index (χ1) is 18.0. The SMILES string of the molecule is O=C(COCc1ccc(F)cc1)NCCC1CCN(C(=O)N[C@H](CO)Cc2c[nH]c3ccccc23)CC1. The number of aliphatic hydroxyl groups excluding tert-OH is 1. The number of halogens is 1. The number of likely N-dealkylation sites (tertiary alicyclic amines) is 1. The largest absolute Gasteiger partial charge is 0.394 e. The molecular formula is C28H35FN4O4. The van der Waals surface area contributed by atoms with Gasteiger partial charge in [-0.05, 0) is 60.9 Å². The van der Waals surface area contributed by atoms with Gasteiger partial charge in [-0.1, -0.05) is 30.3 Å². The second kappa shape index (κ2) is 13.2. The number of fused-ring (bicyclic) bond motifs is 1. The molecule has 1 aliphatic rings. The fraction of sp³-hybridized carbons (Fsp3) is 0.429. The Kier molecular flexibility index (Phi) is 9.51. The molecule has 198 valence electrons. The van der Waals surface area contributed by atoms with Crippen LogP contribution in [-0.4, -0.2) is 65.8 Å². The highest BCUT2D eigenvalue weighted by atomic mass is 19.1. The number of aromatic amines is 1. The highest BCUT2D eigenvalue weighted by Crippen LogP contribution is 2.21. The summed E-state index contributed by atoms with van der Waals surface area (Å²) in [4.78, 5) is 29.8. The molecule has 0 aliphatic carbocycles. The van der Waals surface area contributed by atoms with E-state index in [-0.39, 0.29) is 43.6 Å². The minimum Gasteiger partial charge on any atom is -0.394 e. The number of aromatic nitrogens is 1. The average Bonchev–Trinajstić information content (AvgIpc) is 3.32. The van der Waals surface area contributed by atoms with Crippen LogP contribution in [0.4, 0.5) is 9.18 Å². The second-order valence-electron chi connectivity index (χ2n) is 9.58. The van der Waals surface area contributed by atoms with Crippen molar-refractivity contribution in [2.24, 2.45) is 5.92 Å². The van der Waals surface area contributed by atoms with Crippen molar-refractivity contribution >= 4 is 22.8 Å². The molecule has 0 spiro atoms. The number of amides is 3. The Bertz CT molecular complexity index is 1160. The quantitative estimate of drug-likeness (QED) is 0.317. The lowest BCUT2D eigenvalue weighted by atomic mass is 9.93. The maximum absolute atomic E-state index is 12.9. The summed E-state index contributed by atoms with van der Waals surface area (Å²) in [6.45, 7) is 1.95. The summed E-state index contributed by atoms with van der Waals surface area (Å²) in [5.41, 5.74) is 2.92. The van der Waals surface area contributed by atoms with E-state index >= 15 is 0 Å². The molecule has 2 aromatic carbocycles. The van der Waals surface area contributed by atoms with E-state index in [4.69, 9.17) is 4.74 Å². The summed E-state index contributed by atoms with van der Waals surface area (Å²) < 4.78 is 18.3. The predicted octanol–water partition coefficient (Wildman–Crippen LogP) is 3.36. The van der Waals surface area contributed by atoms with Crippen molar-refractivity contribution in [3.8, 4) is 0 Å². The van der Waals surface area contributed by atoms with Gasteiger partial charge in [0.2, 0.25) is 5.91 Å². The molecule has 37 heavy (non-hydrogen) atoms. The summed E-state index contributed by atoms with van der Waals surface area (Å²) in [6, 6.07) is 13.5. The van der Waals surface area contributed by atoms with Crippen molar-refractivity contribution in [1.82, 2.24) is 20.5 Å². The Labute approximate surface area is 216 Å². The van der Waals surface area contributed by atoms with Gasteiger partial charge in [0.05, 0.1) is 19.3 Å². The second-order valence-corrected chi connectivity index (χ2v) is 9.58. The van der Waals surface area contributed by atoms with Gasteiger partial charge in [0.1, 0.15) is 12.4 Å². The van der Waals surface area contributed by atoms with Gasteiger partial charge in [-0.15, -0.1) is 0 Å². The first kappa shape index (κ1) is 26.6. The number of benzene rings is 2. The fourth-order valence-electron chi connectivity index (χ4n) is 4.73. The molecule has 8 nitrogen and oxygen atoms in total. The van der Waals surface area contributed by atoms with E-state index in [0.717, 1.165) is 41.3 Å². The molecule has 1 saturated heterocycles. The lowest BCUT2D eigenvalue weighted by Gasteiger charge is -2.33. The standard InChI is InChI=1S/C28H35FN4O4/c29-23-7-5-21(6-8-23)18-37-19-27(35)30-12-9-20-10-13-33(14-11-20)28(36)32-24(17-34)15-22-16-31-26-4-2-1-3-25(22)26/h1-8,16,20,24,31,34H,9-15,17-19H2,(H,30,35)(H,32,36)/t24-/m0/s1. The Morgan fingerprint density at radius 3 is 2.65 bits per heavy atom. The van der Waals surface area contributed by atoms with Gasteiger partial charge >= 0.3 is 6.03 Å². The van der Waals surface area contributed by atoms with Gasteiger partial charge in [-0.2, -0.15) is 0 Å². The van der Waals surface area contributed by atoms with E-state index in [2.05, 4.69) is 15.6 Å². The van der Waals surface area contributed by atoms with E-state index in [1.807, 2.05) is 30.5 Å². The topological polar surface area (TPSA) is 107 Å². The van der Waals surface area contributed by atoms with Gasteiger partial charge in [-0.3, -0.25) is 4.79 Å². The number of carbonyl (C=O) groups excluding carboxylic acids is 2. The number of nitrogens with one attached hydrogen (secondary N) is 3. The number of piperidine rings is 1. The third-order valence-electron chi connectivity index (χ3n) is 6.88. The smallest absolute Gasteiger partial charge is 0.317 e. The lowest BCUT2D eigenvalue weighted by Crippen LogP contribution is -2.49. The van der Waals surface area contributed by atoms with Gasteiger partial charge in [0, 0.05) is 36.7 Å². The van der Waals surface area contributed by atoms with Crippen LogP contribution < -0.4 is 10.6 Å². The zero-order chi connectivity index (χ0) is 26.0. The van der Waals surface area contributed by atoms with Crippen molar-refractivity contribution in [1.29, 1.82) is 0 Å². The van der Waals surface area contributed by atoms with Gasteiger partial charge in [-0.25, -0.2) is 9.18 Å². The molecule has 1 aliphatic heterocycles. The van der Waals surface area contributed by atoms with Crippen LogP contribution in [0.15, 0.2) is 54.7 Å². The minimum absolute atomic E-state index is 0.0411. The van der Waals surface area contributed by atoms with Gasteiger partial charge in [0.15, 0.2) is 0 Å². The molecule has 3 amide bonds. The van der Waals surface area contributed by atoms with Crippen molar-refractivity contribution < 1.29 is 23.8 Å². The maximum Gasteiger partial charge on any atom is 0.317 e. The molecule has 1 fully saturated rings. The Morgan fingerprint density at radius 1 is 1.14 bits per heavy atom. The molecule has 2 heterocycles. The zero-order valence-electron chi connectivity index (χ0n) is 20.9. The van der Waals surface area contributed by atoms with Gasteiger partial charge in [0.25, 0.3) is 0 Å². The molecule has 0 saturated carbocycles. The molecular weight excluding hydrogens is 475 g/mol. The first-order valence-electron chi connectivity index (χ1n) is 12.8. The highest BCUT2D eigenvalue weighted by Gasteiger charge is 2.24. The predicted molar refractivity (Wildman–Crippen MR) is 139 cm³/mol. The summed E-state index contributed by atoms with van der Waals surface area (Å²) in [5, 5.41) is 16.8. The van der Waals surface area contributed by atoms with Crippen LogP contribution in [-0.2, 0) is 22.6 Å². The molecule has 0 unspecified atom stereocenters. The molecule has 0 radical (unpaired) electrons. The van der Waals surface area contributed by atoms with Crippen molar-refractivity contribution in [2.45, 2.75) is 38.3 Å². The first-order valence-corrected chi connectivity index (χ1v) is 12.8. The van der Waals surface area contributed by atoms with Crippen molar-refractivity contribution in [3.05, 3.63) is 71.7 Å².